The number of unbranched alkanes of at least 4 members (excludes halogenated alkanes) is 2. The Morgan fingerprint density at radius 2 is 1.35 bits per heavy atom. The third-order valence-corrected chi connectivity index (χ3v) is 8.18. The molecule has 0 unspecified atom stereocenters. The van der Waals surface area contributed by atoms with Gasteiger partial charge in [0.05, 0.1) is 6.61 Å². The van der Waals surface area contributed by atoms with Crippen molar-refractivity contribution in [2.75, 3.05) is 6.61 Å². The molecule has 2 aliphatic rings. The molecule has 2 fully saturated rings. The molecular weight excluding hydrogens is 383 g/mol. The smallest absolute Gasteiger partial charge is 0.130 e. The van der Waals surface area contributed by atoms with E-state index in [1.54, 1.807) is 6.07 Å². The summed E-state index contributed by atoms with van der Waals surface area (Å²) in [5, 5.41) is 0. The van der Waals surface area contributed by atoms with E-state index in [9.17, 15) is 4.39 Å². The highest BCUT2D eigenvalue weighted by atomic mass is 19.1. The summed E-state index contributed by atoms with van der Waals surface area (Å²) in [4.78, 5) is 0. The number of benzene rings is 1. The minimum absolute atomic E-state index is 0.0724. The van der Waals surface area contributed by atoms with Crippen LogP contribution in [0.4, 0.5) is 4.39 Å². The zero-order valence-electron chi connectivity index (χ0n) is 20.3. The van der Waals surface area contributed by atoms with Gasteiger partial charge < -0.3 is 4.74 Å². The first-order chi connectivity index (χ1) is 15.2. The first kappa shape index (κ1) is 24.6. The second-order valence-electron chi connectivity index (χ2n) is 10.7. The Balaban J connectivity index is 1.34. The average molecular weight is 431 g/mol. The summed E-state index contributed by atoms with van der Waals surface area (Å²) >= 11 is 0. The van der Waals surface area contributed by atoms with Gasteiger partial charge in [0.2, 0.25) is 0 Å². The van der Waals surface area contributed by atoms with Crippen molar-refractivity contribution in [3.05, 3.63) is 29.6 Å². The first-order valence-corrected chi connectivity index (χ1v) is 13.6. The number of aryl methyl sites for hydroxylation is 1. The lowest BCUT2D eigenvalue weighted by Gasteiger charge is -2.28. The molecule has 1 aromatic rings. The topological polar surface area (TPSA) is 9.23 Å². The van der Waals surface area contributed by atoms with Crippen LogP contribution in [0.2, 0.25) is 0 Å². The van der Waals surface area contributed by atoms with Gasteiger partial charge in [-0.25, -0.2) is 4.39 Å². The standard InChI is InChI=1S/C29H47FO/c1-3-5-6-8-24-13-15-26(16-14-24)22-31-28-20-19-27(29(30)21-28)18-17-25-11-9-23(7-4-2)10-12-25/h19-21,23-26H,3-18,22H2,1-2H3. The molecule has 0 spiro atoms. The van der Waals surface area contributed by atoms with Gasteiger partial charge in [-0.2, -0.15) is 0 Å². The van der Waals surface area contributed by atoms with E-state index in [4.69, 9.17) is 4.74 Å². The van der Waals surface area contributed by atoms with E-state index in [0.717, 1.165) is 42.8 Å². The Bertz CT molecular complexity index is 611. The van der Waals surface area contributed by atoms with Crippen molar-refractivity contribution in [3.63, 3.8) is 0 Å². The van der Waals surface area contributed by atoms with Crippen LogP contribution in [0, 0.1) is 29.5 Å². The van der Waals surface area contributed by atoms with Crippen LogP contribution in [-0.2, 0) is 6.42 Å². The Labute approximate surface area is 191 Å². The number of hydrogen-bond donors (Lipinski definition) is 0. The van der Waals surface area contributed by atoms with Crippen LogP contribution in [0.5, 0.6) is 5.75 Å². The second kappa shape index (κ2) is 13.5. The van der Waals surface area contributed by atoms with E-state index in [1.807, 2.05) is 12.1 Å². The molecule has 0 radical (unpaired) electrons. The van der Waals surface area contributed by atoms with E-state index < -0.39 is 0 Å². The van der Waals surface area contributed by atoms with E-state index >= 15 is 0 Å². The monoisotopic (exact) mass is 430 g/mol. The van der Waals surface area contributed by atoms with Crippen LogP contribution >= 0.6 is 0 Å². The van der Waals surface area contributed by atoms with Crippen molar-refractivity contribution in [2.24, 2.45) is 23.7 Å². The van der Waals surface area contributed by atoms with E-state index in [2.05, 4.69) is 13.8 Å². The normalized spacial score (nSPS) is 26.7. The maximum atomic E-state index is 14.7. The van der Waals surface area contributed by atoms with Gasteiger partial charge >= 0.3 is 0 Å². The van der Waals surface area contributed by atoms with Crippen molar-refractivity contribution < 1.29 is 9.13 Å². The van der Waals surface area contributed by atoms with Crippen molar-refractivity contribution in [1.29, 1.82) is 0 Å². The van der Waals surface area contributed by atoms with Gasteiger partial charge in [0, 0.05) is 6.07 Å². The van der Waals surface area contributed by atoms with Crippen LogP contribution < -0.4 is 4.74 Å². The predicted molar refractivity (Wildman–Crippen MR) is 130 cm³/mol. The van der Waals surface area contributed by atoms with Crippen molar-refractivity contribution in [1.82, 2.24) is 0 Å². The molecule has 1 aromatic carbocycles. The molecular formula is C29H47FO. The van der Waals surface area contributed by atoms with Crippen LogP contribution in [0.3, 0.4) is 0 Å². The Morgan fingerprint density at radius 1 is 0.742 bits per heavy atom. The second-order valence-corrected chi connectivity index (χ2v) is 10.7. The van der Waals surface area contributed by atoms with Gasteiger partial charge in [0.25, 0.3) is 0 Å². The number of hydrogen-bond acceptors (Lipinski definition) is 1. The molecule has 0 heterocycles. The molecule has 3 rings (SSSR count). The van der Waals surface area contributed by atoms with Crippen LogP contribution in [-0.4, -0.2) is 6.61 Å². The van der Waals surface area contributed by atoms with Gasteiger partial charge in [-0.15, -0.1) is 0 Å². The highest BCUT2D eigenvalue weighted by molar-refractivity contribution is 5.29. The van der Waals surface area contributed by atoms with E-state index in [1.165, 1.54) is 89.9 Å². The largest absolute Gasteiger partial charge is 0.493 e. The molecule has 0 saturated heterocycles. The van der Waals surface area contributed by atoms with E-state index in [0.29, 0.717) is 11.7 Å². The molecule has 0 atom stereocenters. The average Bonchev–Trinajstić information content (AvgIpc) is 2.79. The minimum Gasteiger partial charge on any atom is -0.493 e. The van der Waals surface area contributed by atoms with Crippen LogP contribution in [0.25, 0.3) is 0 Å². The molecule has 0 amide bonds. The maximum absolute atomic E-state index is 14.7. The molecule has 0 aliphatic heterocycles. The summed E-state index contributed by atoms with van der Waals surface area (Å²) in [6, 6.07) is 5.59. The van der Waals surface area contributed by atoms with Gasteiger partial charge in [0.15, 0.2) is 0 Å². The lowest BCUT2D eigenvalue weighted by atomic mass is 9.78. The lowest BCUT2D eigenvalue weighted by Crippen LogP contribution is -2.20. The molecule has 0 bridgehead atoms. The van der Waals surface area contributed by atoms with Crippen LogP contribution in [0.1, 0.15) is 116 Å². The fraction of sp³-hybridized carbons (Fsp3) is 0.793. The number of ether oxygens (including phenoxy) is 1. The van der Waals surface area contributed by atoms with Crippen LogP contribution in [0.15, 0.2) is 18.2 Å². The quantitative estimate of drug-likeness (QED) is 0.300. The molecule has 0 aromatic heterocycles. The van der Waals surface area contributed by atoms with Gasteiger partial charge in [0.1, 0.15) is 11.6 Å². The SMILES string of the molecule is CCCCCC1CCC(COc2ccc(CCC3CCC(CCC)CC3)c(F)c2)CC1. The van der Waals surface area contributed by atoms with Gasteiger partial charge in [-0.05, 0) is 61.0 Å². The molecule has 2 aliphatic carbocycles. The van der Waals surface area contributed by atoms with Gasteiger partial charge in [-0.1, -0.05) is 97.0 Å². The van der Waals surface area contributed by atoms with Gasteiger partial charge in [-0.3, -0.25) is 0 Å². The Hall–Kier alpha value is -1.05. The summed E-state index contributed by atoms with van der Waals surface area (Å²) in [5.41, 5.74) is 0.871. The summed E-state index contributed by atoms with van der Waals surface area (Å²) in [6.07, 6.45) is 20.9. The fourth-order valence-corrected chi connectivity index (χ4v) is 5.98. The highest BCUT2D eigenvalue weighted by Crippen LogP contribution is 2.35. The molecule has 1 nitrogen and oxygen atoms in total. The lowest BCUT2D eigenvalue weighted by molar-refractivity contribution is 0.177. The number of halogens is 1. The molecule has 176 valence electrons. The minimum atomic E-state index is -0.0724. The van der Waals surface area contributed by atoms with Crippen molar-refractivity contribution in [3.8, 4) is 5.75 Å². The maximum Gasteiger partial charge on any atom is 0.130 e. The predicted octanol–water partition coefficient (Wildman–Crippen LogP) is 9.13. The Kier molecular flexibility index (Phi) is 10.7. The zero-order chi connectivity index (χ0) is 21.9. The summed E-state index contributed by atoms with van der Waals surface area (Å²) in [7, 11) is 0. The third kappa shape index (κ3) is 8.43. The molecule has 31 heavy (non-hydrogen) atoms. The van der Waals surface area contributed by atoms with E-state index in [-0.39, 0.29) is 5.82 Å². The molecule has 2 heteroatoms. The van der Waals surface area contributed by atoms with Crippen molar-refractivity contribution in [2.45, 2.75) is 117 Å². The first-order valence-electron chi connectivity index (χ1n) is 13.6. The summed E-state index contributed by atoms with van der Waals surface area (Å²) < 4.78 is 20.7. The third-order valence-electron chi connectivity index (χ3n) is 8.18. The summed E-state index contributed by atoms with van der Waals surface area (Å²) in [6.45, 7) is 5.33. The Morgan fingerprint density at radius 3 is 1.97 bits per heavy atom. The fourth-order valence-electron chi connectivity index (χ4n) is 5.98. The molecule has 2 saturated carbocycles. The number of rotatable bonds is 12. The summed E-state index contributed by atoms with van der Waals surface area (Å²) in [5.74, 6) is 3.96. The van der Waals surface area contributed by atoms with Crippen molar-refractivity contribution >= 4 is 0 Å². The zero-order valence-corrected chi connectivity index (χ0v) is 20.3. The highest BCUT2D eigenvalue weighted by Gasteiger charge is 2.22. The molecule has 0 N–H and O–H groups in total.